The molecule has 3 aromatic heterocycles. The summed E-state index contributed by atoms with van der Waals surface area (Å²) in [6.45, 7) is 2.22. The second-order valence-electron chi connectivity index (χ2n) is 5.73. The van der Waals surface area contributed by atoms with E-state index < -0.39 is 0 Å². The first kappa shape index (κ1) is 15.1. The molecule has 3 heterocycles. The first-order valence-corrected chi connectivity index (χ1v) is 7.94. The lowest BCUT2D eigenvalue weighted by Crippen LogP contribution is -2.22. The average molecular weight is 332 g/mol. The lowest BCUT2D eigenvalue weighted by atomic mass is 10.2. The van der Waals surface area contributed by atoms with Gasteiger partial charge < -0.3 is 9.73 Å². The fourth-order valence-corrected chi connectivity index (χ4v) is 2.66. The topological polar surface area (TPSA) is 72.4 Å². The van der Waals surface area contributed by atoms with Crippen molar-refractivity contribution in [1.82, 2.24) is 19.9 Å². The molecule has 6 nitrogen and oxygen atoms in total. The van der Waals surface area contributed by atoms with Crippen LogP contribution in [-0.4, -0.2) is 20.5 Å². The number of carbonyl (C=O) groups is 1. The van der Waals surface area contributed by atoms with Gasteiger partial charge in [0.05, 0.1) is 12.1 Å². The van der Waals surface area contributed by atoms with Crippen LogP contribution in [0, 0.1) is 6.92 Å². The molecular weight excluding hydrogens is 316 g/mol. The van der Waals surface area contributed by atoms with Gasteiger partial charge in [0.25, 0.3) is 5.91 Å². The van der Waals surface area contributed by atoms with Crippen LogP contribution in [0.1, 0.15) is 21.9 Å². The summed E-state index contributed by atoms with van der Waals surface area (Å²) in [5.41, 5.74) is 2.17. The second kappa shape index (κ2) is 6.24. The number of carbonyl (C=O) groups excluding carboxylic acids is 1. The van der Waals surface area contributed by atoms with Crippen molar-refractivity contribution >= 4 is 11.6 Å². The van der Waals surface area contributed by atoms with E-state index in [1.54, 1.807) is 18.3 Å². The highest BCUT2D eigenvalue weighted by atomic mass is 16.3. The van der Waals surface area contributed by atoms with Crippen LogP contribution in [0.2, 0.25) is 0 Å². The number of nitrogens with zero attached hydrogens (tertiary/aromatic N) is 3. The monoisotopic (exact) mass is 332 g/mol. The summed E-state index contributed by atoms with van der Waals surface area (Å²) in [6, 6.07) is 17.0. The minimum absolute atomic E-state index is 0.177. The van der Waals surface area contributed by atoms with Gasteiger partial charge in [-0.3, -0.25) is 9.20 Å². The van der Waals surface area contributed by atoms with Gasteiger partial charge in [-0.25, -0.2) is 0 Å². The van der Waals surface area contributed by atoms with E-state index >= 15 is 0 Å². The molecule has 124 valence electrons. The molecule has 4 rings (SSSR count). The highest BCUT2D eigenvalue weighted by Gasteiger charge is 2.12. The van der Waals surface area contributed by atoms with Crippen molar-refractivity contribution in [2.75, 3.05) is 0 Å². The number of hydrogen-bond donors (Lipinski definition) is 1. The number of furan rings is 1. The molecule has 0 atom stereocenters. The average Bonchev–Trinajstić information content (AvgIpc) is 3.26. The van der Waals surface area contributed by atoms with Gasteiger partial charge >= 0.3 is 0 Å². The Labute approximate surface area is 144 Å². The van der Waals surface area contributed by atoms with Crippen LogP contribution in [0.4, 0.5) is 0 Å². The fraction of sp³-hybridized carbons (Fsp3) is 0.105. The molecule has 25 heavy (non-hydrogen) atoms. The third-order valence-electron chi connectivity index (χ3n) is 3.92. The number of benzene rings is 1. The van der Waals surface area contributed by atoms with Gasteiger partial charge in [-0.1, -0.05) is 30.3 Å². The van der Waals surface area contributed by atoms with E-state index in [1.165, 1.54) is 0 Å². The Hall–Kier alpha value is -3.41. The lowest BCUT2D eigenvalue weighted by Gasteiger charge is -2.05. The largest absolute Gasteiger partial charge is 0.465 e. The number of nitrogens with one attached hydrogen (secondary N) is 1. The molecular formula is C19H16N4O2. The van der Waals surface area contributed by atoms with Crippen molar-refractivity contribution in [2.45, 2.75) is 13.5 Å². The van der Waals surface area contributed by atoms with E-state index in [0.29, 0.717) is 23.6 Å². The number of aryl methyl sites for hydroxylation is 1. The van der Waals surface area contributed by atoms with Crippen molar-refractivity contribution in [3.8, 4) is 11.4 Å². The highest BCUT2D eigenvalue weighted by Crippen LogP contribution is 2.18. The van der Waals surface area contributed by atoms with Gasteiger partial charge in [0.1, 0.15) is 11.5 Å². The molecule has 6 heteroatoms. The molecule has 1 aromatic carbocycles. The number of amides is 1. The molecule has 0 saturated carbocycles. The van der Waals surface area contributed by atoms with Gasteiger partial charge in [0.15, 0.2) is 11.5 Å². The number of aromatic nitrogens is 3. The van der Waals surface area contributed by atoms with Gasteiger partial charge in [0.2, 0.25) is 0 Å². The van der Waals surface area contributed by atoms with E-state index in [1.807, 2.05) is 53.8 Å². The van der Waals surface area contributed by atoms with Crippen LogP contribution in [0.3, 0.4) is 0 Å². The molecule has 0 unspecified atom stereocenters. The maximum absolute atomic E-state index is 12.4. The molecule has 0 aliphatic carbocycles. The summed E-state index contributed by atoms with van der Waals surface area (Å²) >= 11 is 0. The first-order valence-electron chi connectivity index (χ1n) is 7.94. The Balaban J connectivity index is 1.61. The SMILES string of the molecule is Cc1ccc(CNC(=O)c2ccc3nnc(-c4ccccc4)n3c2)o1. The summed E-state index contributed by atoms with van der Waals surface area (Å²) < 4.78 is 7.29. The van der Waals surface area contributed by atoms with Crippen molar-refractivity contribution in [2.24, 2.45) is 0 Å². The van der Waals surface area contributed by atoms with Crippen LogP contribution in [0.15, 0.2) is 65.2 Å². The molecule has 0 saturated heterocycles. The molecule has 1 amide bonds. The Morgan fingerprint density at radius 3 is 2.68 bits per heavy atom. The van der Waals surface area contributed by atoms with E-state index in [2.05, 4.69) is 15.5 Å². The van der Waals surface area contributed by atoms with E-state index in [9.17, 15) is 4.79 Å². The zero-order valence-corrected chi connectivity index (χ0v) is 13.6. The maximum Gasteiger partial charge on any atom is 0.253 e. The molecule has 0 aliphatic rings. The quantitative estimate of drug-likeness (QED) is 0.623. The number of pyridine rings is 1. The summed E-state index contributed by atoms with van der Waals surface area (Å²) in [5.74, 6) is 2.07. The minimum atomic E-state index is -0.177. The van der Waals surface area contributed by atoms with E-state index in [-0.39, 0.29) is 5.91 Å². The molecule has 0 aliphatic heterocycles. The third-order valence-corrected chi connectivity index (χ3v) is 3.92. The Morgan fingerprint density at radius 2 is 1.92 bits per heavy atom. The summed E-state index contributed by atoms with van der Waals surface area (Å²) in [7, 11) is 0. The predicted molar refractivity (Wildman–Crippen MR) is 93.0 cm³/mol. The number of fused-ring (bicyclic) bond motifs is 1. The predicted octanol–water partition coefficient (Wildman–Crippen LogP) is 3.23. The number of rotatable bonds is 4. The van der Waals surface area contributed by atoms with Crippen LogP contribution in [-0.2, 0) is 6.54 Å². The Bertz CT molecular complexity index is 1030. The van der Waals surface area contributed by atoms with Crippen LogP contribution >= 0.6 is 0 Å². The van der Waals surface area contributed by atoms with E-state index in [4.69, 9.17) is 4.42 Å². The molecule has 4 aromatic rings. The number of hydrogen-bond acceptors (Lipinski definition) is 4. The van der Waals surface area contributed by atoms with Gasteiger partial charge in [-0.2, -0.15) is 0 Å². The molecule has 0 fully saturated rings. The maximum atomic E-state index is 12.4. The Kier molecular flexibility index (Phi) is 3.78. The van der Waals surface area contributed by atoms with Gasteiger partial charge in [0, 0.05) is 11.8 Å². The normalized spacial score (nSPS) is 10.9. The molecule has 0 spiro atoms. The summed E-state index contributed by atoms with van der Waals surface area (Å²) in [6.07, 6.45) is 1.75. The lowest BCUT2D eigenvalue weighted by molar-refractivity contribution is 0.0947. The second-order valence-corrected chi connectivity index (χ2v) is 5.73. The molecule has 0 radical (unpaired) electrons. The molecule has 0 bridgehead atoms. The van der Waals surface area contributed by atoms with Crippen molar-refractivity contribution in [3.63, 3.8) is 0 Å². The zero-order valence-electron chi connectivity index (χ0n) is 13.6. The summed E-state index contributed by atoms with van der Waals surface area (Å²) in [5, 5.41) is 11.2. The van der Waals surface area contributed by atoms with Crippen molar-refractivity contribution in [3.05, 3.63) is 77.9 Å². The van der Waals surface area contributed by atoms with Gasteiger partial charge in [-0.05, 0) is 31.2 Å². The highest BCUT2D eigenvalue weighted by molar-refractivity contribution is 5.94. The Morgan fingerprint density at radius 1 is 1.08 bits per heavy atom. The minimum Gasteiger partial charge on any atom is -0.465 e. The van der Waals surface area contributed by atoms with Crippen LogP contribution < -0.4 is 5.32 Å². The van der Waals surface area contributed by atoms with Crippen LogP contribution in [0.25, 0.3) is 17.0 Å². The van der Waals surface area contributed by atoms with E-state index in [0.717, 1.165) is 17.1 Å². The molecule has 1 N–H and O–H groups in total. The van der Waals surface area contributed by atoms with Crippen LogP contribution in [0.5, 0.6) is 0 Å². The first-order chi connectivity index (χ1) is 12.2. The smallest absolute Gasteiger partial charge is 0.253 e. The van der Waals surface area contributed by atoms with Crippen molar-refractivity contribution < 1.29 is 9.21 Å². The fourth-order valence-electron chi connectivity index (χ4n) is 2.66. The third kappa shape index (κ3) is 3.01. The summed E-state index contributed by atoms with van der Waals surface area (Å²) in [4.78, 5) is 12.4. The van der Waals surface area contributed by atoms with Crippen molar-refractivity contribution in [1.29, 1.82) is 0 Å². The van der Waals surface area contributed by atoms with Gasteiger partial charge in [-0.15, -0.1) is 10.2 Å². The zero-order chi connectivity index (χ0) is 17.2. The standard InChI is InChI=1S/C19H16N4O2/c1-13-7-9-16(25-13)11-20-19(24)15-8-10-17-21-22-18(23(17)12-15)14-5-3-2-4-6-14/h2-10,12H,11H2,1H3,(H,20,24).